The number of aliphatic carboxylic acids is 1. The van der Waals surface area contributed by atoms with E-state index in [4.69, 9.17) is 10.8 Å². The van der Waals surface area contributed by atoms with Gasteiger partial charge in [0.2, 0.25) is 5.91 Å². The Morgan fingerprint density at radius 2 is 1.95 bits per heavy atom. The predicted molar refractivity (Wildman–Crippen MR) is 70.5 cm³/mol. The van der Waals surface area contributed by atoms with Gasteiger partial charge in [-0.1, -0.05) is 19.8 Å². The lowest BCUT2D eigenvalue weighted by molar-refractivity contribution is -0.139. The molecule has 0 radical (unpaired) electrons. The van der Waals surface area contributed by atoms with Crippen molar-refractivity contribution in [3.8, 4) is 0 Å². The van der Waals surface area contributed by atoms with Gasteiger partial charge >= 0.3 is 12.0 Å². The summed E-state index contributed by atoms with van der Waals surface area (Å²) in [6, 6.07) is -1.54. The van der Waals surface area contributed by atoms with Gasteiger partial charge in [-0.05, 0) is 12.8 Å². The fourth-order valence-corrected chi connectivity index (χ4v) is 1.50. The molecule has 0 saturated carbocycles. The first-order valence-electron chi connectivity index (χ1n) is 6.41. The number of carbonyl (C=O) groups excluding carboxylic acids is 2. The molecule has 0 aromatic rings. The topological polar surface area (TPSA) is 113 Å². The molecule has 0 aliphatic rings. The van der Waals surface area contributed by atoms with Crippen LogP contribution in [0.25, 0.3) is 0 Å². The molecular weight excluding hydrogens is 250 g/mol. The van der Waals surface area contributed by atoms with Gasteiger partial charge in [-0.15, -0.1) is 0 Å². The summed E-state index contributed by atoms with van der Waals surface area (Å²) in [7, 11) is 1.61. The first kappa shape index (κ1) is 17.2. The molecule has 0 aliphatic carbocycles. The summed E-state index contributed by atoms with van der Waals surface area (Å²) in [5, 5.41) is 11.3. The summed E-state index contributed by atoms with van der Waals surface area (Å²) in [4.78, 5) is 34.7. The average Bonchev–Trinajstić information content (AvgIpc) is 2.33. The van der Waals surface area contributed by atoms with E-state index < -0.39 is 23.9 Å². The van der Waals surface area contributed by atoms with Crippen LogP contribution < -0.4 is 11.1 Å². The second-order valence-corrected chi connectivity index (χ2v) is 4.47. The Labute approximate surface area is 113 Å². The molecule has 7 nitrogen and oxygen atoms in total. The third-order valence-electron chi connectivity index (χ3n) is 2.72. The van der Waals surface area contributed by atoms with Gasteiger partial charge in [0.25, 0.3) is 0 Å². The van der Waals surface area contributed by atoms with Crippen molar-refractivity contribution in [1.29, 1.82) is 0 Å². The Morgan fingerprint density at radius 3 is 2.42 bits per heavy atom. The normalized spacial score (nSPS) is 11.7. The Bertz CT molecular complexity index is 320. The van der Waals surface area contributed by atoms with Crippen molar-refractivity contribution in [2.45, 2.75) is 45.1 Å². The molecular formula is C12H23N3O4. The predicted octanol–water partition coefficient (Wildman–Crippen LogP) is 0.537. The third kappa shape index (κ3) is 8.01. The summed E-state index contributed by atoms with van der Waals surface area (Å²) in [5.41, 5.74) is 4.96. The minimum absolute atomic E-state index is 0.000787. The number of primary amides is 1. The molecule has 3 amide bonds. The van der Waals surface area contributed by atoms with Crippen LogP contribution in [0, 0.1) is 0 Å². The number of urea groups is 1. The molecule has 0 aliphatic heterocycles. The summed E-state index contributed by atoms with van der Waals surface area (Å²) in [6.45, 7) is 2.63. The first-order chi connectivity index (χ1) is 8.88. The van der Waals surface area contributed by atoms with Crippen molar-refractivity contribution in [2.75, 3.05) is 13.6 Å². The second kappa shape index (κ2) is 9.18. The minimum Gasteiger partial charge on any atom is -0.480 e. The van der Waals surface area contributed by atoms with E-state index >= 15 is 0 Å². The highest BCUT2D eigenvalue weighted by Gasteiger charge is 2.21. The number of nitrogens with zero attached hydrogens (tertiary/aromatic N) is 1. The zero-order chi connectivity index (χ0) is 14.8. The highest BCUT2D eigenvalue weighted by atomic mass is 16.4. The number of rotatable bonds is 9. The monoisotopic (exact) mass is 273 g/mol. The molecule has 0 fully saturated rings. The average molecular weight is 273 g/mol. The number of carboxylic acids is 1. The van der Waals surface area contributed by atoms with E-state index in [1.54, 1.807) is 7.05 Å². The third-order valence-corrected chi connectivity index (χ3v) is 2.72. The van der Waals surface area contributed by atoms with E-state index in [0.717, 1.165) is 19.3 Å². The minimum atomic E-state index is -1.17. The van der Waals surface area contributed by atoms with Crippen LogP contribution in [0.4, 0.5) is 4.79 Å². The maximum Gasteiger partial charge on any atom is 0.326 e. The van der Waals surface area contributed by atoms with Crippen molar-refractivity contribution in [3.63, 3.8) is 0 Å². The van der Waals surface area contributed by atoms with Gasteiger partial charge in [-0.2, -0.15) is 0 Å². The standard InChI is InChI=1S/C12H23N3O4/c1-3-4-5-8-15(2)12(19)14-9(11(17)18)6-7-10(13)16/h9H,3-8H2,1-2H3,(H2,13,16)(H,14,19)(H,17,18). The molecule has 1 unspecified atom stereocenters. The highest BCUT2D eigenvalue weighted by molar-refractivity contribution is 5.83. The fraction of sp³-hybridized carbons (Fsp3) is 0.750. The Kier molecular flexibility index (Phi) is 8.32. The largest absolute Gasteiger partial charge is 0.480 e. The van der Waals surface area contributed by atoms with Crippen LogP contribution >= 0.6 is 0 Å². The van der Waals surface area contributed by atoms with Crippen molar-refractivity contribution in [1.82, 2.24) is 10.2 Å². The maximum atomic E-state index is 11.7. The number of nitrogens with one attached hydrogen (secondary N) is 1. The van der Waals surface area contributed by atoms with Crippen LogP contribution in [0.1, 0.15) is 39.0 Å². The molecule has 19 heavy (non-hydrogen) atoms. The lowest BCUT2D eigenvalue weighted by Gasteiger charge is -2.21. The lowest BCUT2D eigenvalue weighted by atomic mass is 10.1. The quantitative estimate of drug-likeness (QED) is 0.532. The summed E-state index contributed by atoms with van der Waals surface area (Å²) < 4.78 is 0. The van der Waals surface area contributed by atoms with Crippen LogP contribution in [-0.4, -0.2) is 47.5 Å². The van der Waals surface area contributed by atoms with E-state index in [-0.39, 0.29) is 12.8 Å². The molecule has 0 aromatic heterocycles. The molecule has 4 N–H and O–H groups in total. The number of nitrogens with two attached hydrogens (primary N) is 1. The van der Waals surface area contributed by atoms with Crippen LogP contribution in [-0.2, 0) is 9.59 Å². The number of unbranched alkanes of at least 4 members (excludes halogenated alkanes) is 2. The summed E-state index contributed by atoms with van der Waals surface area (Å²) in [6.07, 6.45) is 2.86. The van der Waals surface area contributed by atoms with Gasteiger partial charge in [0, 0.05) is 20.0 Å². The number of hydrogen-bond donors (Lipinski definition) is 3. The number of carboxylic acid groups (broad SMARTS) is 1. The molecule has 0 bridgehead atoms. The Morgan fingerprint density at radius 1 is 1.32 bits per heavy atom. The smallest absolute Gasteiger partial charge is 0.326 e. The van der Waals surface area contributed by atoms with Crippen molar-refractivity contribution in [2.24, 2.45) is 5.73 Å². The van der Waals surface area contributed by atoms with Crippen LogP contribution in [0.5, 0.6) is 0 Å². The number of amides is 3. The van der Waals surface area contributed by atoms with Crippen LogP contribution in [0.3, 0.4) is 0 Å². The zero-order valence-electron chi connectivity index (χ0n) is 11.5. The van der Waals surface area contributed by atoms with Gasteiger partial charge in [0.1, 0.15) is 6.04 Å². The van der Waals surface area contributed by atoms with Crippen molar-refractivity contribution < 1.29 is 19.5 Å². The second-order valence-electron chi connectivity index (χ2n) is 4.47. The fourth-order valence-electron chi connectivity index (χ4n) is 1.50. The Balaban J connectivity index is 4.22. The number of hydrogen-bond acceptors (Lipinski definition) is 3. The molecule has 0 aromatic carbocycles. The van der Waals surface area contributed by atoms with E-state index in [1.165, 1.54) is 4.90 Å². The summed E-state index contributed by atoms with van der Waals surface area (Å²) in [5.74, 6) is -1.76. The number of carbonyl (C=O) groups is 3. The molecule has 0 spiro atoms. The molecule has 1 atom stereocenters. The van der Waals surface area contributed by atoms with Crippen molar-refractivity contribution >= 4 is 17.9 Å². The van der Waals surface area contributed by atoms with Gasteiger partial charge in [-0.25, -0.2) is 9.59 Å². The molecule has 110 valence electrons. The molecule has 7 heteroatoms. The SMILES string of the molecule is CCCCCN(C)C(=O)NC(CCC(N)=O)C(=O)O. The maximum absolute atomic E-state index is 11.7. The Hall–Kier alpha value is -1.79. The highest BCUT2D eigenvalue weighted by Crippen LogP contribution is 2.01. The van der Waals surface area contributed by atoms with E-state index in [2.05, 4.69) is 12.2 Å². The van der Waals surface area contributed by atoms with Gasteiger partial charge in [0.15, 0.2) is 0 Å². The first-order valence-corrected chi connectivity index (χ1v) is 6.41. The van der Waals surface area contributed by atoms with Crippen LogP contribution in [0.2, 0.25) is 0 Å². The molecule has 0 saturated heterocycles. The lowest BCUT2D eigenvalue weighted by Crippen LogP contribution is -2.47. The molecule has 0 heterocycles. The molecule has 0 rings (SSSR count). The van der Waals surface area contributed by atoms with Gasteiger partial charge in [-0.3, -0.25) is 4.79 Å². The zero-order valence-corrected chi connectivity index (χ0v) is 11.5. The summed E-state index contributed by atoms with van der Waals surface area (Å²) >= 11 is 0. The van der Waals surface area contributed by atoms with E-state index in [0.29, 0.717) is 6.54 Å². The van der Waals surface area contributed by atoms with Gasteiger partial charge in [0.05, 0.1) is 0 Å². The van der Waals surface area contributed by atoms with Crippen molar-refractivity contribution in [3.05, 3.63) is 0 Å². The van der Waals surface area contributed by atoms with E-state index in [1.807, 2.05) is 0 Å². The van der Waals surface area contributed by atoms with Crippen LogP contribution in [0.15, 0.2) is 0 Å². The van der Waals surface area contributed by atoms with Gasteiger partial charge < -0.3 is 21.1 Å². The van der Waals surface area contributed by atoms with E-state index in [9.17, 15) is 14.4 Å².